The maximum absolute atomic E-state index is 11.5. The molecule has 0 bridgehead atoms. The van der Waals surface area contributed by atoms with Crippen LogP contribution in [0.5, 0.6) is 0 Å². The number of piperazine rings is 1. The Labute approximate surface area is 96.2 Å². The van der Waals surface area contributed by atoms with Gasteiger partial charge in [0.05, 0.1) is 11.0 Å². The molecule has 0 N–H and O–H groups in total. The highest BCUT2D eigenvalue weighted by Crippen LogP contribution is 2.12. The molecule has 80 valence electrons. The van der Waals surface area contributed by atoms with E-state index in [0.29, 0.717) is 12.5 Å². The summed E-state index contributed by atoms with van der Waals surface area (Å²) in [6, 6.07) is 0. The van der Waals surface area contributed by atoms with E-state index in [1.807, 2.05) is 11.9 Å². The molecule has 1 aliphatic heterocycles. The summed E-state index contributed by atoms with van der Waals surface area (Å²) in [6.07, 6.45) is 3.37. The smallest absolute Gasteiger partial charge is 0.242 e. The van der Waals surface area contributed by atoms with Gasteiger partial charge in [-0.15, -0.1) is 0 Å². The van der Waals surface area contributed by atoms with Gasteiger partial charge in [0.15, 0.2) is 0 Å². The number of nitrogens with zero attached hydrogens (tertiary/aromatic N) is 4. The topological polar surface area (TPSA) is 49.3 Å². The summed E-state index contributed by atoms with van der Waals surface area (Å²) in [6.45, 7) is 1.86. The van der Waals surface area contributed by atoms with Gasteiger partial charge in [-0.2, -0.15) is 0 Å². The summed E-state index contributed by atoms with van der Waals surface area (Å²) < 4.78 is 0.840. The quantitative estimate of drug-likeness (QED) is 0.747. The number of aromatic nitrogens is 2. The molecule has 6 heteroatoms. The van der Waals surface area contributed by atoms with E-state index in [9.17, 15) is 4.79 Å². The monoisotopic (exact) mass is 270 g/mol. The third-order valence-electron chi connectivity index (χ3n) is 2.35. The van der Waals surface area contributed by atoms with Crippen LogP contribution in [0.4, 0.5) is 5.95 Å². The Bertz CT molecular complexity index is 367. The molecule has 0 aromatic carbocycles. The third kappa shape index (κ3) is 2.26. The molecule has 0 unspecified atom stereocenters. The Morgan fingerprint density at radius 2 is 2.00 bits per heavy atom. The van der Waals surface area contributed by atoms with Crippen LogP contribution >= 0.6 is 15.9 Å². The molecular formula is C9H11BrN4O. The Hall–Kier alpha value is -1.17. The lowest BCUT2D eigenvalue weighted by molar-refractivity contribution is -0.129. The number of hydrogen-bond acceptors (Lipinski definition) is 4. The van der Waals surface area contributed by atoms with Gasteiger partial charge in [0.1, 0.15) is 0 Å². The maximum atomic E-state index is 11.5. The molecule has 2 rings (SSSR count). The Kier molecular flexibility index (Phi) is 2.86. The Morgan fingerprint density at radius 3 is 2.60 bits per heavy atom. The Morgan fingerprint density at radius 1 is 1.33 bits per heavy atom. The molecule has 0 spiro atoms. The summed E-state index contributed by atoms with van der Waals surface area (Å²) >= 11 is 3.27. The predicted octanol–water partition coefficient (Wildman–Crippen LogP) is 0.517. The van der Waals surface area contributed by atoms with Crippen molar-refractivity contribution in [3.63, 3.8) is 0 Å². The molecule has 5 nitrogen and oxygen atoms in total. The molecular weight excluding hydrogens is 260 g/mol. The summed E-state index contributed by atoms with van der Waals surface area (Å²) in [5.74, 6) is 0.715. The molecule has 1 fully saturated rings. The lowest BCUT2D eigenvalue weighted by Gasteiger charge is -2.31. The van der Waals surface area contributed by atoms with Crippen molar-refractivity contribution in [2.75, 3.05) is 31.6 Å². The fourth-order valence-corrected chi connectivity index (χ4v) is 1.60. The largest absolute Gasteiger partial charge is 0.342 e. The minimum Gasteiger partial charge on any atom is -0.342 e. The number of carbonyl (C=O) groups excluding carboxylic acids is 1. The van der Waals surface area contributed by atoms with E-state index in [0.717, 1.165) is 17.6 Å². The number of likely N-dealkylation sites (N-methyl/N-ethyl adjacent to an activating group) is 1. The second kappa shape index (κ2) is 4.14. The summed E-state index contributed by atoms with van der Waals surface area (Å²) in [5, 5.41) is 0. The first kappa shape index (κ1) is 10.4. The highest BCUT2D eigenvalue weighted by molar-refractivity contribution is 9.10. The standard InChI is InChI=1S/C9H11BrN4O/c1-13-2-3-14(6-8(13)15)9-11-4-7(10)5-12-9/h4-5H,2-3,6H2,1H3. The van der Waals surface area contributed by atoms with E-state index < -0.39 is 0 Å². The van der Waals surface area contributed by atoms with Gasteiger partial charge < -0.3 is 9.80 Å². The SMILES string of the molecule is CN1CCN(c2ncc(Br)cn2)CC1=O. The zero-order valence-electron chi connectivity index (χ0n) is 8.35. The first-order chi connectivity index (χ1) is 7.16. The lowest BCUT2D eigenvalue weighted by Crippen LogP contribution is -2.49. The average Bonchev–Trinajstić information content (AvgIpc) is 2.23. The number of anilines is 1. The van der Waals surface area contributed by atoms with E-state index in [1.54, 1.807) is 17.3 Å². The highest BCUT2D eigenvalue weighted by Gasteiger charge is 2.22. The van der Waals surface area contributed by atoms with Gasteiger partial charge in [-0.1, -0.05) is 0 Å². The van der Waals surface area contributed by atoms with E-state index in [4.69, 9.17) is 0 Å². The summed E-state index contributed by atoms with van der Waals surface area (Å²) in [4.78, 5) is 23.4. The predicted molar refractivity (Wildman–Crippen MR) is 59.6 cm³/mol. The molecule has 1 saturated heterocycles. The van der Waals surface area contributed by atoms with Gasteiger partial charge in [0, 0.05) is 32.5 Å². The van der Waals surface area contributed by atoms with Crippen molar-refractivity contribution in [1.29, 1.82) is 0 Å². The van der Waals surface area contributed by atoms with Crippen molar-refractivity contribution in [2.24, 2.45) is 0 Å². The lowest BCUT2D eigenvalue weighted by atomic mass is 10.3. The van der Waals surface area contributed by atoms with Crippen LogP contribution in [0, 0.1) is 0 Å². The second-order valence-electron chi connectivity index (χ2n) is 3.44. The van der Waals surface area contributed by atoms with Gasteiger partial charge in [0.2, 0.25) is 11.9 Å². The van der Waals surface area contributed by atoms with Crippen molar-refractivity contribution >= 4 is 27.8 Å². The first-order valence-electron chi connectivity index (χ1n) is 4.63. The van der Waals surface area contributed by atoms with Crippen molar-refractivity contribution < 1.29 is 4.79 Å². The maximum Gasteiger partial charge on any atom is 0.242 e. The van der Waals surface area contributed by atoms with Crippen LogP contribution in [0.2, 0.25) is 0 Å². The van der Waals surface area contributed by atoms with Crippen molar-refractivity contribution in [3.05, 3.63) is 16.9 Å². The Balaban J connectivity index is 2.12. The molecule has 1 aromatic heterocycles. The number of halogens is 1. The zero-order valence-corrected chi connectivity index (χ0v) is 9.94. The fourth-order valence-electron chi connectivity index (χ4n) is 1.40. The van der Waals surface area contributed by atoms with Gasteiger partial charge in [-0.05, 0) is 15.9 Å². The normalized spacial score (nSPS) is 17.1. The van der Waals surface area contributed by atoms with Crippen molar-refractivity contribution in [2.45, 2.75) is 0 Å². The molecule has 0 atom stereocenters. The van der Waals surface area contributed by atoms with E-state index in [-0.39, 0.29) is 5.91 Å². The van der Waals surface area contributed by atoms with Crippen LogP contribution in [-0.2, 0) is 4.79 Å². The summed E-state index contributed by atoms with van der Waals surface area (Å²) in [7, 11) is 1.81. The molecule has 15 heavy (non-hydrogen) atoms. The number of amides is 1. The van der Waals surface area contributed by atoms with Crippen LogP contribution in [0.1, 0.15) is 0 Å². The molecule has 2 heterocycles. The molecule has 1 aliphatic rings. The van der Waals surface area contributed by atoms with Crippen LogP contribution in [-0.4, -0.2) is 47.5 Å². The van der Waals surface area contributed by atoms with Crippen molar-refractivity contribution in [1.82, 2.24) is 14.9 Å². The number of hydrogen-bond donors (Lipinski definition) is 0. The van der Waals surface area contributed by atoms with Gasteiger partial charge >= 0.3 is 0 Å². The molecule has 0 saturated carbocycles. The second-order valence-corrected chi connectivity index (χ2v) is 4.35. The van der Waals surface area contributed by atoms with Gasteiger partial charge in [0.25, 0.3) is 0 Å². The molecule has 0 aliphatic carbocycles. The van der Waals surface area contributed by atoms with Crippen LogP contribution in [0.3, 0.4) is 0 Å². The summed E-state index contributed by atoms with van der Waals surface area (Å²) in [5.41, 5.74) is 0. The number of rotatable bonds is 1. The fraction of sp³-hybridized carbons (Fsp3) is 0.444. The first-order valence-corrected chi connectivity index (χ1v) is 5.42. The third-order valence-corrected chi connectivity index (χ3v) is 2.76. The minimum atomic E-state index is 0.104. The molecule has 1 aromatic rings. The van der Waals surface area contributed by atoms with Gasteiger partial charge in [-0.25, -0.2) is 9.97 Å². The zero-order chi connectivity index (χ0) is 10.8. The van der Waals surface area contributed by atoms with Crippen LogP contribution in [0.25, 0.3) is 0 Å². The van der Waals surface area contributed by atoms with Crippen LogP contribution in [0.15, 0.2) is 16.9 Å². The van der Waals surface area contributed by atoms with E-state index in [1.165, 1.54) is 0 Å². The molecule has 1 amide bonds. The van der Waals surface area contributed by atoms with E-state index >= 15 is 0 Å². The minimum absolute atomic E-state index is 0.104. The van der Waals surface area contributed by atoms with Crippen LogP contribution < -0.4 is 4.90 Å². The van der Waals surface area contributed by atoms with E-state index in [2.05, 4.69) is 25.9 Å². The number of carbonyl (C=O) groups is 1. The van der Waals surface area contributed by atoms with Gasteiger partial charge in [-0.3, -0.25) is 4.79 Å². The average molecular weight is 271 g/mol. The van der Waals surface area contributed by atoms with Crippen molar-refractivity contribution in [3.8, 4) is 0 Å². The highest BCUT2D eigenvalue weighted by atomic mass is 79.9. The molecule has 0 radical (unpaired) electrons.